The van der Waals surface area contributed by atoms with Crippen LogP contribution in [0.1, 0.15) is 29.4 Å². The number of thioether (sulfide) groups is 1. The molecule has 0 saturated heterocycles. The normalized spacial score (nSPS) is 16.8. The number of esters is 1. The third-order valence-electron chi connectivity index (χ3n) is 5.02. The number of aromatic amines is 1. The monoisotopic (exact) mass is 472 g/mol. The minimum Gasteiger partial charge on any atom is -0.467 e. The number of alkyl halides is 3. The van der Waals surface area contributed by atoms with Crippen molar-refractivity contribution in [1.82, 2.24) is 20.2 Å². The Morgan fingerprint density at radius 1 is 1.38 bits per heavy atom. The zero-order valence-corrected chi connectivity index (χ0v) is 18.3. The van der Waals surface area contributed by atoms with E-state index in [1.807, 2.05) is 6.26 Å². The maximum absolute atomic E-state index is 13.2. The summed E-state index contributed by atoms with van der Waals surface area (Å²) in [5.41, 5.74) is 1.27. The third-order valence-corrected chi connectivity index (χ3v) is 5.66. The molecule has 3 rings (SSSR count). The van der Waals surface area contributed by atoms with E-state index in [2.05, 4.69) is 20.0 Å². The van der Waals surface area contributed by atoms with Crippen LogP contribution in [0.15, 0.2) is 30.6 Å². The highest BCUT2D eigenvalue weighted by atomic mass is 32.2. The fraction of sp³-hybridized carbons (Fsp3) is 0.450. The number of fused-ring (bicyclic) bond motifs is 1. The molecule has 0 aliphatic carbocycles. The summed E-state index contributed by atoms with van der Waals surface area (Å²) in [7, 11) is 1.23. The summed E-state index contributed by atoms with van der Waals surface area (Å²) in [6.07, 6.45) is -0.829. The van der Waals surface area contributed by atoms with Crippen molar-refractivity contribution in [1.29, 1.82) is 0 Å². The van der Waals surface area contributed by atoms with Crippen molar-refractivity contribution in [2.75, 3.05) is 25.7 Å². The van der Waals surface area contributed by atoms with Crippen LogP contribution in [0.3, 0.4) is 0 Å². The summed E-state index contributed by atoms with van der Waals surface area (Å²) in [5, 5.41) is 2.66. The smallest absolute Gasteiger partial charge is 0.467 e. The van der Waals surface area contributed by atoms with E-state index in [1.54, 1.807) is 6.07 Å². The average Bonchev–Trinajstić information content (AvgIpc) is 3.23. The molecule has 1 aromatic heterocycles. The predicted octanol–water partition coefficient (Wildman–Crippen LogP) is 3.26. The highest BCUT2D eigenvalue weighted by molar-refractivity contribution is 7.98. The highest BCUT2D eigenvalue weighted by Crippen LogP contribution is 2.39. The van der Waals surface area contributed by atoms with E-state index in [0.29, 0.717) is 30.0 Å². The molecule has 0 fully saturated rings. The van der Waals surface area contributed by atoms with E-state index in [4.69, 9.17) is 4.74 Å². The third kappa shape index (κ3) is 5.47. The van der Waals surface area contributed by atoms with E-state index >= 15 is 0 Å². The molecule has 2 aromatic rings. The maximum Gasteiger partial charge on any atom is 0.573 e. The molecule has 0 spiro atoms. The van der Waals surface area contributed by atoms with Crippen LogP contribution < -0.4 is 10.1 Å². The van der Waals surface area contributed by atoms with E-state index in [1.165, 1.54) is 48.3 Å². The Morgan fingerprint density at radius 3 is 2.81 bits per heavy atom. The van der Waals surface area contributed by atoms with Crippen LogP contribution in [0.5, 0.6) is 5.75 Å². The zero-order chi connectivity index (χ0) is 23.3. The van der Waals surface area contributed by atoms with Crippen LogP contribution in [0.4, 0.5) is 18.0 Å². The lowest BCUT2D eigenvalue weighted by Crippen LogP contribution is -2.51. The Morgan fingerprint density at radius 2 is 2.12 bits per heavy atom. The van der Waals surface area contributed by atoms with Crippen molar-refractivity contribution in [3.8, 4) is 5.75 Å². The molecule has 12 heteroatoms. The van der Waals surface area contributed by atoms with Gasteiger partial charge in [0.25, 0.3) is 0 Å². The Labute approximate surface area is 186 Å². The molecule has 2 atom stereocenters. The number of benzene rings is 1. The van der Waals surface area contributed by atoms with Crippen molar-refractivity contribution < 1.29 is 32.2 Å². The summed E-state index contributed by atoms with van der Waals surface area (Å²) in [5.74, 6) is -0.414. The summed E-state index contributed by atoms with van der Waals surface area (Å²) in [4.78, 5) is 33.9. The average molecular weight is 472 g/mol. The van der Waals surface area contributed by atoms with Gasteiger partial charge in [0.1, 0.15) is 17.8 Å². The van der Waals surface area contributed by atoms with Crippen LogP contribution in [0.25, 0.3) is 0 Å². The van der Waals surface area contributed by atoms with Gasteiger partial charge in [0.05, 0.1) is 19.1 Å². The number of hydrogen-bond donors (Lipinski definition) is 2. The number of H-pyrrole nitrogens is 1. The van der Waals surface area contributed by atoms with Gasteiger partial charge in [-0.05, 0) is 24.5 Å². The molecule has 1 aliphatic rings. The number of ether oxygens (including phenoxy) is 2. The molecule has 2 heterocycles. The maximum atomic E-state index is 13.2. The summed E-state index contributed by atoms with van der Waals surface area (Å²) < 4.78 is 48.0. The molecular weight excluding hydrogens is 449 g/mol. The molecule has 0 unspecified atom stereocenters. The van der Waals surface area contributed by atoms with Crippen molar-refractivity contribution in [2.24, 2.45) is 0 Å². The fourth-order valence-corrected chi connectivity index (χ4v) is 4.06. The number of urea groups is 1. The first-order valence-corrected chi connectivity index (χ1v) is 11.1. The molecule has 2 amide bonds. The molecule has 1 aromatic carbocycles. The topological polar surface area (TPSA) is 96.6 Å². The number of rotatable bonds is 7. The van der Waals surface area contributed by atoms with Gasteiger partial charge in [-0.3, -0.25) is 0 Å². The number of hydrogen-bond acceptors (Lipinski definition) is 6. The number of aromatic nitrogens is 2. The van der Waals surface area contributed by atoms with Gasteiger partial charge in [0.2, 0.25) is 0 Å². The highest BCUT2D eigenvalue weighted by Gasteiger charge is 2.39. The SMILES string of the molecule is COC(=O)[C@H](CCSC)NC(=O)N1CCc2[nH]cnc2[C@@H]1c1ccccc1OC(F)(F)F. The van der Waals surface area contributed by atoms with E-state index in [9.17, 15) is 22.8 Å². The van der Waals surface area contributed by atoms with Crippen LogP contribution >= 0.6 is 11.8 Å². The number of para-hydroxylation sites is 1. The second-order valence-electron chi connectivity index (χ2n) is 7.00. The van der Waals surface area contributed by atoms with Crippen LogP contribution in [0, 0.1) is 0 Å². The summed E-state index contributed by atoms with van der Waals surface area (Å²) >= 11 is 1.51. The van der Waals surface area contributed by atoms with Gasteiger partial charge < -0.3 is 24.7 Å². The number of carbonyl (C=O) groups is 2. The van der Waals surface area contributed by atoms with Crippen molar-refractivity contribution >= 4 is 23.8 Å². The van der Waals surface area contributed by atoms with Gasteiger partial charge in [0, 0.05) is 24.2 Å². The molecule has 0 saturated carbocycles. The van der Waals surface area contributed by atoms with E-state index in [-0.39, 0.29) is 12.1 Å². The van der Waals surface area contributed by atoms with Crippen LogP contribution in [-0.4, -0.2) is 64.9 Å². The molecule has 1 aliphatic heterocycles. The van der Waals surface area contributed by atoms with Gasteiger partial charge in [-0.15, -0.1) is 13.2 Å². The molecule has 8 nitrogen and oxygen atoms in total. The number of nitrogens with zero attached hydrogens (tertiary/aromatic N) is 2. The lowest BCUT2D eigenvalue weighted by atomic mass is 9.95. The number of methoxy groups -OCH3 is 1. The molecule has 0 radical (unpaired) electrons. The minimum atomic E-state index is -4.90. The standard InChI is InChI=1S/C20H23F3N4O4S/c1-30-18(28)14(8-10-32-2)26-19(29)27-9-7-13-16(25-11-24-13)17(27)12-5-3-4-6-15(12)31-20(21,22)23/h3-6,11,14,17H,7-10H2,1-2H3,(H,24,25)(H,26,29)/t14-,17-/m0/s1. The lowest BCUT2D eigenvalue weighted by molar-refractivity contribution is -0.275. The molecule has 0 bridgehead atoms. The Bertz CT molecular complexity index is 953. The number of nitrogens with one attached hydrogen (secondary N) is 2. The zero-order valence-electron chi connectivity index (χ0n) is 17.4. The Kier molecular flexibility index (Phi) is 7.54. The van der Waals surface area contributed by atoms with Crippen LogP contribution in [-0.2, 0) is 16.0 Å². The largest absolute Gasteiger partial charge is 0.573 e. The fourth-order valence-electron chi connectivity index (χ4n) is 3.59. The first-order valence-electron chi connectivity index (χ1n) is 9.76. The first kappa shape index (κ1) is 23.8. The number of imidazole rings is 1. The van der Waals surface area contributed by atoms with Gasteiger partial charge in [-0.2, -0.15) is 11.8 Å². The molecule has 32 heavy (non-hydrogen) atoms. The van der Waals surface area contributed by atoms with Gasteiger partial charge in [-0.1, -0.05) is 18.2 Å². The van der Waals surface area contributed by atoms with E-state index in [0.717, 1.165) is 0 Å². The summed E-state index contributed by atoms with van der Waals surface area (Å²) in [6, 6.07) is 3.19. The quantitative estimate of drug-likeness (QED) is 0.601. The van der Waals surface area contributed by atoms with Crippen molar-refractivity contribution in [3.63, 3.8) is 0 Å². The number of carbonyl (C=O) groups excluding carboxylic acids is 2. The Hall–Kier alpha value is -2.89. The van der Waals surface area contributed by atoms with Crippen molar-refractivity contribution in [3.05, 3.63) is 47.5 Å². The van der Waals surface area contributed by atoms with E-state index < -0.39 is 36.2 Å². The van der Waals surface area contributed by atoms with Gasteiger partial charge in [0.15, 0.2) is 0 Å². The molecule has 2 N–H and O–H groups in total. The number of amides is 2. The first-order chi connectivity index (χ1) is 15.2. The van der Waals surface area contributed by atoms with Gasteiger partial charge in [-0.25, -0.2) is 14.6 Å². The molecular formula is C20H23F3N4O4S. The second kappa shape index (κ2) is 10.2. The van der Waals surface area contributed by atoms with Crippen molar-refractivity contribution in [2.45, 2.75) is 31.3 Å². The second-order valence-corrected chi connectivity index (χ2v) is 7.99. The molecule has 174 valence electrons. The predicted molar refractivity (Wildman–Crippen MR) is 111 cm³/mol. The summed E-state index contributed by atoms with van der Waals surface area (Å²) in [6.45, 7) is 0.197. The Balaban J connectivity index is 1.96. The van der Waals surface area contributed by atoms with Gasteiger partial charge >= 0.3 is 18.4 Å². The van der Waals surface area contributed by atoms with Crippen LogP contribution in [0.2, 0.25) is 0 Å². The minimum absolute atomic E-state index is 0.131. The number of halogens is 3. The lowest BCUT2D eigenvalue weighted by Gasteiger charge is -2.36.